The molecule has 0 saturated carbocycles. The lowest BCUT2D eigenvalue weighted by atomic mass is 9.98. The van der Waals surface area contributed by atoms with Crippen molar-refractivity contribution in [1.29, 1.82) is 5.26 Å². The number of nitrogens with zero attached hydrogens (tertiary/aromatic N) is 4. The van der Waals surface area contributed by atoms with Gasteiger partial charge in [-0.15, -0.1) is 0 Å². The molecule has 1 amide bonds. The van der Waals surface area contributed by atoms with Crippen LogP contribution < -0.4 is 5.32 Å². The van der Waals surface area contributed by atoms with Crippen molar-refractivity contribution >= 4 is 5.91 Å². The molecule has 1 N–H and O–H groups in total. The van der Waals surface area contributed by atoms with E-state index in [-0.39, 0.29) is 18.1 Å². The van der Waals surface area contributed by atoms with Crippen LogP contribution in [0.2, 0.25) is 0 Å². The number of nitriles is 1. The highest BCUT2D eigenvalue weighted by Gasteiger charge is 2.30. The van der Waals surface area contributed by atoms with Gasteiger partial charge >= 0.3 is 0 Å². The predicted octanol–water partition coefficient (Wildman–Crippen LogP) is 1.34. The maximum atomic E-state index is 12.4. The molecule has 2 atom stereocenters. The highest BCUT2D eigenvalue weighted by atomic mass is 16.5. The number of aryl methyl sites for hydroxylation is 1. The van der Waals surface area contributed by atoms with Gasteiger partial charge in [-0.05, 0) is 25.0 Å². The number of pyridine rings is 1. The van der Waals surface area contributed by atoms with Crippen LogP contribution in [0.5, 0.6) is 0 Å². The van der Waals surface area contributed by atoms with Crippen LogP contribution in [0.4, 0.5) is 0 Å². The van der Waals surface area contributed by atoms with Crippen LogP contribution in [0.1, 0.15) is 40.6 Å². The van der Waals surface area contributed by atoms with Gasteiger partial charge in [0.05, 0.1) is 17.8 Å². The summed E-state index contributed by atoms with van der Waals surface area (Å²) in [6.45, 7) is 0.668. The third kappa shape index (κ3) is 3.38. The quantitative estimate of drug-likeness (QED) is 0.923. The van der Waals surface area contributed by atoms with Crippen LogP contribution in [0, 0.1) is 11.3 Å². The number of aromatic nitrogens is 3. The van der Waals surface area contributed by atoms with Gasteiger partial charge in [0.25, 0.3) is 5.91 Å². The average molecular weight is 311 g/mol. The monoisotopic (exact) mass is 311 g/mol. The summed E-state index contributed by atoms with van der Waals surface area (Å²) in [5.74, 6) is -0.265. The van der Waals surface area contributed by atoms with Gasteiger partial charge in [0.2, 0.25) is 0 Å². The molecule has 0 spiro atoms. The fourth-order valence-corrected chi connectivity index (χ4v) is 2.68. The summed E-state index contributed by atoms with van der Waals surface area (Å²) in [5, 5.41) is 15.9. The van der Waals surface area contributed by atoms with Crippen LogP contribution in [-0.2, 0) is 11.8 Å². The topological polar surface area (TPSA) is 92.8 Å². The van der Waals surface area contributed by atoms with Crippen molar-refractivity contribution in [3.05, 3.63) is 47.5 Å². The molecular weight excluding hydrogens is 294 g/mol. The summed E-state index contributed by atoms with van der Waals surface area (Å²) < 4.78 is 7.55. The van der Waals surface area contributed by atoms with E-state index in [1.165, 1.54) is 6.20 Å². The minimum absolute atomic E-state index is 0.127. The molecule has 1 aliphatic heterocycles. The molecule has 0 radical (unpaired) electrons. The lowest BCUT2D eigenvalue weighted by Gasteiger charge is -2.31. The summed E-state index contributed by atoms with van der Waals surface area (Å²) in [6, 6.07) is 4.99. The van der Waals surface area contributed by atoms with Crippen molar-refractivity contribution in [1.82, 2.24) is 20.1 Å². The van der Waals surface area contributed by atoms with Gasteiger partial charge in [-0.3, -0.25) is 9.48 Å². The van der Waals surface area contributed by atoms with Gasteiger partial charge in [-0.2, -0.15) is 10.4 Å². The zero-order valence-corrected chi connectivity index (χ0v) is 12.8. The molecule has 0 unspecified atom stereocenters. The highest BCUT2D eigenvalue weighted by molar-refractivity contribution is 5.92. The maximum Gasteiger partial charge on any atom is 0.270 e. The van der Waals surface area contributed by atoms with E-state index >= 15 is 0 Å². The molecule has 0 aliphatic carbocycles. The summed E-state index contributed by atoms with van der Waals surface area (Å²) in [6.07, 6.45) is 6.57. The van der Waals surface area contributed by atoms with Crippen molar-refractivity contribution in [3.8, 4) is 6.07 Å². The Hall–Kier alpha value is -2.72. The van der Waals surface area contributed by atoms with E-state index in [1.807, 2.05) is 19.3 Å². The Kier molecular flexibility index (Phi) is 4.35. The zero-order valence-electron chi connectivity index (χ0n) is 12.8. The Morgan fingerprint density at radius 2 is 2.35 bits per heavy atom. The molecule has 1 fully saturated rings. The number of hydrogen-bond acceptors (Lipinski definition) is 5. The van der Waals surface area contributed by atoms with Gasteiger partial charge in [0.1, 0.15) is 17.9 Å². The SMILES string of the molecule is Cn1cc([C@H]2OCCC[C@@H]2NC(=O)c2ccc(C#N)cn2)cn1. The standard InChI is InChI=1S/C16H17N5O2/c1-21-10-12(9-19-21)15-13(3-2-6-23-15)20-16(22)14-5-4-11(7-17)8-18-14/h4-5,8-10,13,15H,2-3,6H2,1H3,(H,20,22)/t13-,15+/m0/s1. The Morgan fingerprint density at radius 3 is 3.00 bits per heavy atom. The normalized spacial score (nSPS) is 20.7. The van der Waals surface area contributed by atoms with Gasteiger partial charge in [-0.1, -0.05) is 0 Å². The molecule has 7 nitrogen and oxygen atoms in total. The number of ether oxygens (including phenoxy) is 1. The number of nitrogens with one attached hydrogen (secondary N) is 1. The van der Waals surface area contributed by atoms with Gasteiger partial charge in [-0.25, -0.2) is 4.98 Å². The molecule has 0 aromatic carbocycles. The van der Waals surface area contributed by atoms with Gasteiger partial charge < -0.3 is 10.1 Å². The van der Waals surface area contributed by atoms with Gasteiger partial charge in [0, 0.05) is 31.6 Å². The summed E-state index contributed by atoms with van der Waals surface area (Å²) in [7, 11) is 1.85. The van der Waals surface area contributed by atoms with Crippen LogP contribution in [0.3, 0.4) is 0 Å². The largest absolute Gasteiger partial charge is 0.371 e. The number of amides is 1. The molecule has 7 heteroatoms. The molecule has 1 aliphatic rings. The first-order valence-corrected chi connectivity index (χ1v) is 7.44. The minimum atomic E-state index is -0.265. The van der Waals surface area contributed by atoms with E-state index in [1.54, 1.807) is 23.0 Å². The maximum absolute atomic E-state index is 12.4. The van der Waals surface area contributed by atoms with E-state index in [4.69, 9.17) is 10.00 Å². The van der Waals surface area contributed by atoms with E-state index in [9.17, 15) is 4.79 Å². The number of carbonyl (C=O) groups is 1. The van der Waals surface area contributed by atoms with E-state index in [0.717, 1.165) is 18.4 Å². The fraction of sp³-hybridized carbons (Fsp3) is 0.375. The number of hydrogen-bond donors (Lipinski definition) is 1. The van der Waals surface area contributed by atoms with E-state index in [2.05, 4.69) is 15.4 Å². The van der Waals surface area contributed by atoms with E-state index < -0.39 is 0 Å². The Bertz CT molecular complexity index is 732. The molecule has 0 bridgehead atoms. The Morgan fingerprint density at radius 1 is 1.48 bits per heavy atom. The first-order chi connectivity index (χ1) is 11.2. The second kappa shape index (κ2) is 6.58. The molecule has 3 rings (SSSR count). The third-order valence-corrected chi connectivity index (χ3v) is 3.82. The van der Waals surface area contributed by atoms with Crippen LogP contribution in [0.25, 0.3) is 0 Å². The summed E-state index contributed by atoms with van der Waals surface area (Å²) in [4.78, 5) is 16.4. The first kappa shape index (κ1) is 15.2. The van der Waals surface area contributed by atoms with Crippen LogP contribution in [0.15, 0.2) is 30.7 Å². The fourth-order valence-electron chi connectivity index (χ4n) is 2.68. The molecule has 118 valence electrons. The Balaban J connectivity index is 1.73. The van der Waals surface area contributed by atoms with Crippen LogP contribution >= 0.6 is 0 Å². The van der Waals surface area contributed by atoms with Crippen molar-refractivity contribution in [2.75, 3.05) is 6.61 Å². The lowest BCUT2D eigenvalue weighted by Crippen LogP contribution is -2.42. The first-order valence-electron chi connectivity index (χ1n) is 7.44. The number of rotatable bonds is 3. The number of carbonyl (C=O) groups excluding carboxylic acids is 1. The van der Waals surface area contributed by atoms with Crippen molar-refractivity contribution in [2.24, 2.45) is 7.05 Å². The lowest BCUT2D eigenvalue weighted by molar-refractivity contribution is -0.00955. The van der Waals surface area contributed by atoms with E-state index in [0.29, 0.717) is 17.9 Å². The smallest absolute Gasteiger partial charge is 0.270 e. The third-order valence-electron chi connectivity index (χ3n) is 3.82. The highest BCUT2D eigenvalue weighted by Crippen LogP contribution is 2.28. The molecule has 23 heavy (non-hydrogen) atoms. The molecule has 3 heterocycles. The van der Waals surface area contributed by atoms with Crippen molar-refractivity contribution in [2.45, 2.75) is 25.0 Å². The molecular formula is C16H17N5O2. The van der Waals surface area contributed by atoms with Crippen molar-refractivity contribution in [3.63, 3.8) is 0 Å². The second-order valence-electron chi connectivity index (χ2n) is 5.50. The summed E-state index contributed by atoms with van der Waals surface area (Å²) >= 11 is 0. The second-order valence-corrected chi connectivity index (χ2v) is 5.50. The van der Waals surface area contributed by atoms with Crippen molar-refractivity contribution < 1.29 is 9.53 Å². The average Bonchev–Trinajstić information content (AvgIpc) is 3.01. The molecule has 2 aromatic heterocycles. The minimum Gasteiger partial charge on any atom is -0.371 e. The zero-order chi connectivity index (χ0) is 16.2. The molecule has 1 saturated heterocycles. The Labute approximate surface area is 133 Å². The molecule has 2 aromatic rings. The van der Waals surface area contributed by atoms with Gasteiger partial charge in [0.15, 0.2) is 0 Å². The summed E-state index contributed by atoms with van der Waals surface area (Å²) in [5.41, 5.74) is 1.67. The van der Waals surface area contributed by atoms with Crippen LogP contribution in [-0.4, -0.2) is 33.3 Å². The predicted molar refractivity (Wildman–Crippen MR) is 81.3 cm³/mol.